The molecule has 1 aromatic carbocycles. The third-order valence-electron chi connectivity index (χ3n) is 5.80. The molecule has 0 unspecified atom stereocenters. The van der Waals surface area contributed by atoms with Crippen molar-refractivity contribution < 1.29 is 14.3 Å². The fraction of sp³-hybridized carbons (Fsp3) is 0.636. The number of halogens is 1. The SMILES string of the molecule is Cc1cc(OCCCC(=O)N2CCC(C(=O)N3CCCCC3)CC2)ccc1Cl. The smallest absolute Gasteiger partial charge is 0.225 e. The van der Waals surface area contributed by atoms with Gasteiger partial charge in [0.25, 0.3) is 0 Å². The van der Waals surface area contributed by atoms with Gasteiger partial charge in [-0.1, -0.05) is 11.6 Å². The molecular weight excluding hydrogens is 376 g/mol. The first-order valence-corrected chi connectivity index (χ1v) is 10.9. The highest BCUT2D eigenvalue weighted by atomic mass is 35.5. The van der Waals surface area contributed by atoms with Crippen LogP contribution in [0.15, 0.2) is 18.2 Å². The number of likely N-dealkylation sites (tertiary alicyclic amines) is 2. The van der Waals surface area contributed by atoms with Crippen LogP contribution in [0.4, 0.5) is 0 Å². The van der Waals surface area contributed by atoms with E-state index in [-0.39, 0.29) is 11.8 Å². The number of carbonyl (C=O) groups excluding carboxylic acids is 2. The number of hydrogen-bond acceptors (Lipinski definition) is 3. The third-order valence-corrected chi connectivity index (χ3v) is 6.22. The largest absolute Gasteiger partial charge is 0.494 e. The number of nitrogens with zero attached hydrogens (tertiary/aromatic N) is 2. The van der Waals surface area contributed by atoms with Gasteiger partial charge >= 0.3 is 0 Å². The third kappa shape index (κ3) is 5.63. The van der Waals surface area contributed by atoms with Crippen molar-refractivity contribution in [2.24, 2.45) is 5.92 Å². The lowest BCUT2D eigenvalue weighted by molar-refractivity contribution is -0.141. The molecule has 1 aromatic rings. The summed E-state index contributed by atoms with van der Waals surface area (Å²) >= 11 is 6.01. The molecule has 0 spiro atoms. The van der Waals surface area contributed by atoms with Gasteiger partial charge in [0.05, 0.1) is 6.61 Å². The zero-order valence-electron chi connectivity index (χ0n) is 16.8. The van der Waals surface area contributed by atoms with E-state index >= 15 is 0 Å². The molecule has 0 radical (unpaired) electrons. The zero-order valence-corrected chi connectivity index (χ0v) is 17.5. The molecule has 5 nitrogen and oxygen atoms in total. The molecular formula is C22H31ClN2O3. The Morgan fingerprint density at radius 2 is 1.79 bits per heavy atom. The van der Waals surface area contributed by atoms with Gasteiger partial charge in [0.1, 0.15) is 5.75 Å². The molecule has 2 aliphatic rings. The van der Waals surface area contributed by atoms with E-state index in [9.17, 15) is 9.59 Å². The summed E-state index contributed by atoms with van der Waals surface area (Å²) in [6.07, 6.45) is 6.24. The van der Waals surface area contributed by atoms with Gasteiger partial charge < -0.3 is 14.5 Å². The quantitative estimate of drug-likeness (QED) is 0.669. The minimum absolute atomic E-state index is 0.0960. The van der Waals surface area contributed by atoms with E-state index < -0.39 is 0 Å². The highest BCUT2D eigenvalue weighted by molar-refractivity contribution is 6.31. The average Bonchev–Trinajstić information content (AvgIpc) is 2.73. The number of hydrogen-bond donors (Lipinski definition) is 0. The van der Waals surface area contributed by atoms with Crippen LogP contribution in [-0.2, 0) is 9.59 Å². The maximum absolute atomic E-state index is 12.6. The molecule has 3 rings (SSSR count). The van der Waals surface area contributed by atoms with Crippen LogP contribution in [0.3, 0.4) is 0 Å². The number of ether oxygens (including phenoxy) is 1. The Kier molecular flexibility index (Phi) is 7.60. The summed E-state index contributed by atoms with van der Waals surface area (Å²) in [6, 6.07) is 5.59. The normalized spacial score (nSPS) is 18.2. The van der Waals surface area contributed by atoms with Gasteiger partial charge in [-0.2, -0.15) is 0 Å². The van der Waals surface area contributed by atoms with Crippen molar-refractivity contribution in [3.05, 3.63) is 28.8 Å². The van der Waals surface area contributed by atoms with Gasteiger partial charge in [0.2, 0.25) is 11.8 Å². The van der Waals surface area contributed by atoms with Crippen LogP contribution in [0.25, 0.3) is 0 Å². The molecule has 2 saturated heterocycles. The van der Waals surface area contributed by atoms with Crippen LogP contribution in [0.1, 0.15) is 50.5 Å². The highest BCUT2D eigenvalue weighted by Gasteiger charge is 2.30. The Balaban J connectivity index is 1.34. The molecule has 154 valence electrons. The summed E-state index contributed by atoms with van der Waals surface area (Å²) < 4.78 is 5.72. The monoisotopic (exact) mass is 406 g/mol. The number of benzene rings is 1. The first kappa shape index (κ1) is 21.0. The van der Waals surface area contributed by atoms with E-state index in [1.807, 2.05) is 34.9 Å². The van der Waals surface area contributed by atoms with Crippen LogP contribution in [0, 0.1) is 12.8 Å². The molecule has 0 aliphatic carbocycles. The van der Waals surface area contributed by atoms with Crippen LogP contribution in [0.5, 0.6) is 5.75 Å². The predicted molar refractivity (Wildman–Crippen MR) is 111 cm³/mol. The molecule has 2 aliphatic heterocycles. The van der Waals surface area contributed by atoms with Crippen LogP contribution in [0.2, 0.25) is 5.02 Å². The minimum atomic E-state index is 0.0960. The first-order chi connectivity index (χ1) is 13.5. The average molecular weight is 407 g/mol. The number of carbonyl (C=O) groups is 2. The Morgan fingerprint density at radius 1 is 1.07 bits per heavy atom. The molecule has 0 aromatic heterocycles. The van der Waals surface area contributed by atoms with Crippen molar-refractivity contribution in [3.63, 3.8) is 0 Å². The number of amides is 2. The maximum atomic E-state index is 12.6. The van der Waals surface area contributed by atoms with Gasteiger partial charge in [0.15, 0.2) is 0 Å². The molecule has 2 heterocycles. The molecule has 2 fully saturated rings. The van der Waals surface area contributed by atoms with Crippen molar-refractivity contribution in [1.29, 1.82) is 0 Å². The summed E-state index contributed by atoms with van der Waals surface area (Å²) in [5, 5.41) is 0.727. The molecule has 2 amide bonds. The molecule has 0 bridgehead atoms. The second-order valence-electron chi connectivity index (χ2n) is 7.90. The Hall–Kier alpha value is -1.75. The summed E-state index contributed by atoms with van der Waals surface area (Å²) in [5.74, 6) is 1.35. The standard InChI is InChI=1S/C22H31ClN2O3/c1-17-16-19(7-8-20(17)23)28-15-5-6-21(26)24-13-9-18(10-14-24)22(27)25-11-3-2-4-12-25/h7-8,16,18H,2-6,9-15H2,1H3. The van der Waals surface area contributed by atoms with Crippen molar-refractivity contribution in [1.82, 2.24) is 9.80 Å². The Labute approximate surface area is 173 Å². The van der Waals surface area contributed by atoms with Crippen molar-refractivity contribution in [3.8, 4) is 5.75 Å². The first-order valence-electron chi connectivity index (χ1n) is 10.5. The second kappa shape index (κ2) is 10.1. The summed E-state index contributed by atoms with van der Waals surface area (Å²) in [7, 11) is 0. The van der Waals surface area contributed by atoms with Gasteiger partial charge in [0, 0.05) is 43.5 Å². The molecule has 0 N–H and O–H groups in total. The highest BCUT2D eigenvalue weighted by Crippen LogP contribution is 2.23. The predicted octanol–water partition coefficient (Wildman–Crippen LogP) is 4.06. The second-order valence-corrected chi connectivity index (χ2v) is 8.31. The maximum Gasteiger partial charge on any atom is 0.225 e. The van der Waals surface area contributed by atoms with Gasteiger partial charge in [-0.15, -0.1) is 0 Å². The summed E-state index contributed by atoms with van der Waals surface area (Å²) in [4.78, 5) is 29.0. The molecule has 28 heavy (non-hydrogen) atoms. The summed E-state index contributed by atoms with van der Waals surface area (Å²) in [6.45, 7) is 5.66. The lowest BCUT2D eigenvalue weighted by Gasteiger charge is -2.35. The van der Waals surface area contributed by atoms with Gasteiger partial charge in [-0.25, -0.2) is 0 Å². The number of aryl methyl sites for hydroxylation is 1. The van der Waals surface area contributed by atoms with Crippen molar-refractivity contribution >= 4 is 23.4 Å². The van der Waals surface area contributed by atoms with Crippen molar-refractivity contribution in [2.75, 3.05) is 32.8 Å². The lowest BCUT2D eigenvalue weighted by atomic mass is 9.94. The fourth-order valence-electron chi connectivity index (χ4n) is 4.03. The van der Waals surface area contributed by atoms with E-state index in [1.54, 1.807) is 0 Å². The minimum Gasteiger partial charge on any atom is -0.494 e. The van der Waals surface area contributed by atoms with E-state index in [0.717, 1.165) is 55.1 Å². The zero-order chi connectivity index (χ0) is 19.9. The summed E-state index contributed by atoms with van der Waals surface area (Å²) in [5.41, 5.74) is 0.984. The Bertz CT molecular complexity index is 680. The van der Waals surface area contributed by atoms with E-state index in [4.69, 9.17) is 16.3 Å². The van der Waals surface area contributed by atoms with Crippen molar-refractivity contribution in [2.45, 2.75) is 51.9 Å². The van der Waals surface area contributed by atoms with Crippen LogP contribution < -0.4 is 4.74 Å². The van der Waals surface area contributed by atoms with Gasteiger partial charge in [-0.05, 0) is 69.2 Å². The molecule has 6 heteroatoms. The topological polar surface area (TPSA) is 49.9 Å². The number of piperidine rings is 2. The van der Waals surface area contributed by atoms with E-state index in [2.05, 4.69) is 0 Å². The Morgan fingerprint density at radius 3 is 2.46 bits per heavy atom. The fourth-order valence-corrected chi connectivity index (χ4v) is 4.14. The lowest BCUT2D eigenvalue weighted by Crippen LogP contribution is -2.45. The van der Waals surface area contributed by atoms with Crippen LogP contribution in [-0.4, -0.2) is 54.4 Å². The van der Waals surface area contributed by atoms with E-state index in [0.29, 0.717) is 38.4 Å². The molecule has 0 atom stereocenters. The number of rotatable bonds is 6. The van der Waals surface area contributed by atoms with E-state index in [1.165, 1.54) is 6.42 Å². The van der Waals surface area contributed by atoms with Crippen LogP contribution >= 0.6 is 11.6 Å². The van der Waals surface area contributed by atoms with Gasteiger partial charge in [-0.3, -0.25) is 9.59 Å². The molecule has 0 saturated carbocycles.